The summed E-state index contributed by atoms with van der Waals surface area (Å²) in [5.41, 5.74) is 9.69. The fraction of sp³-hybridized carbons (Fsp3) is 0.120. The second kappa shape index (κ2) is 8.20. The van der Waals surface area contributed by atoms with E-state index in [-0.39, 0.29) is 5.15 Å². The first-order valence-corrected chi connectivity index (χ1v) is 11.6. The number of anilines is 1. The quantitative estimate of drug-likeness (QED) is 0.285. The Balaban J connectivity index is 1.38. The van der Waals surface area contributed by atoms with E-state index in [9.17, 15) is 5.11 Å². The van der Waals surface area contributed by atoms with Crippen LogP contribution in [0, 0.1) is 0 Å². The molecule has 0 bridgehead atoms. The van der Waals surface area contributed by atoms with Crippen LogP contribution in [-0.2, 0) is 12.0 Å². The zero-order valence-corrected chi connectivity index (χ0v) is 19.7. The molecular weight excluding hydrogens is 487 g/mol. The summed E-state index contributed by atoms with van der Waals surface area (Å²) in [4.78, 5) is 20.4. The van der Waals surface area contributed by atoms with Gasteiger partial charge in [0.05, 0.1) is 23.8 Å². The van der Waals surface area contributed by atoms with Crippen LogP contribution in [0.25, 0.3) is 33.7 Å². The molecule has 0 radical (unpaired) electrons. The summed E-state index contributed by atoms with van der Waals surface area (Å²) in [5.74, 6) is 1.35. The summed E-state index contributed by atoms with van der Waals surface area (Å²) in [7, 11) is 0. The number of benzene rings is 1. The number of aromatic nitrogens is 5. The van der Waals surface area contributed by atoms with Crippen molar-refractivity contribution >= 4 is 29.0 Å². The lowest BCUT2D eigenvalue weighted by molar-refractivity contribution is 0.0701. The minimum atomic E-state index is -1.36. The Morgan fingerprint density at radius 3 is 2.66 bits per heavy atom. The number of aryl methyl sites for hydroxylation is 1. The van der Waals surface area contributed by atoms with Crippen LogP contribution in [-0.4, -0.2) is 30.0 Å². The zero-order valence-electron chi connectivity index (χ0n) is 18.2. The number of H-pyrrole nitrogens is 1. The lowest BCUT2D eigenvalue weighted by Crippen LogP contribution is -2.26. The fourth-order valence-corrected chi connectivity index (χ4v) is 4.96. The second-order valence-corrected chi connectivity index (χ2v) is 9.16. The number of halogens is 2. The van der Waals surface area contributed by atoms with Crippen molar-refractivity contribution in [3.8, 4) is 33.7 Å². The third-order valence-electron chi connectivity index (χ3n) is 6.23. The van der Waals surface area contributed by atoms with E-state index in [1.54, 1.807) is 36.8 Å². The number of hydrogen-bond donors (Lipinski definition) is 3. The van der Waals surface area contributed by atoms with Crippen LogP contribution < -0.4 is 5.73 Å². The van der Waals surface area contributed by atoms with E-state index in [0.717, 1.165) is 22.3 Å². The number of fused-ring (bicyclic) bond motifs is 1. The Hall–Kier alpha value is -3.72. The van der Waals surface area contributed by atoms with Crippen molar-refractivity contribution in [2.45, 2.75) is 18.4 Å². The van der Waals surface area contributed by atoms with Gasteiger partial charge in [0, 0.05) is 27.9 Å². The van der Waals surface area contributed by atoms with Gasteiger partial charge in [-0.05, 0) is 60.4 Å². The molecule has 1 aliphatic carbocycles. The van der Waals surface area contributed by atoms with Crippen LogP contribution in [0.5, 0.6) is 0 Å². The molecule has 1 atom stereocenters. The minimum Gasteiger partial charge on any atom is -0.443 e. The topological polar surface area (TPSA) is 127 Å². The highest BCUT2D eigenvalue weighted by Gasteiger charge is 2.42. The lowest BCUT2D eigenvalue weighted by Gasteiger charge is -2.20. The van der Waals surface area contributed by atoms with E-state index in [4.69, 9.17) is 33.4 Å². The summed E-state index contributed by atoms with van der Waals surface area (Å²) in [6.07, 6.45) is 7.46. The smallest absolute Gasteiger partial charge is 0.181 e. The first-order chi connectivity index (χ1) is 16.9. The van der Waals surface area contributed by atoms with Crippen LogP contribution in [0.4, 0.5) is 5.82 Å². The molecule has 0 aliphatic heterocycles. The number of nitrogens with zero attached hydrogens (tertiary/aromatic N) is 4. The standard InChI is InChI=1S/C25H18Cl2N6O2/c26-15-1-2-16(20-11-29-12-35-20)18(8-15)14-7-13-5-6-25(34,22(13)30-9-14)24-31-10-19(32-24)17-3-4-21(28)33-23(17)27/h1-4,7-12,34H,5-6H2,(H2,28,33)(H,31,32)/t25-/m0/s1. The Labute approximate surface area is 209 Å². The molecule has 1 aromatic carbocycles. The van der Waals surface area contributed by atoms with Gasteiger partial charge in [0.2, 0.25) is 0 Å². The summed E-state index contributed by atoms with van der Waals surface area (Å²) < 4.78 is 5.51. The number of aromatic amines is 1. The number of rotatable bonds is 4. The van der Waals surface area contributed by atoms with Crippen molar-refractivity contribution in [1.82, 2.24) is 24.9 Å². The van der Waals surface area contributed by atoms with E-state index >= 15 is 0 Å². The maximum absolute atomic E-state index is 11.6. The molecule has 0 saturated heterocycles. The Morgan fingerprint density at radius 2 is 1.86 bits per heavy atom. The Kier molecular flexibility index (Phi) is 5.10. The molecule has 4 aromatic heterocycles. The third kappa shape index (κ3) is 3.67. The number of nitrogens with two attached hydrogens (primary N) is 1. The van der Waals surface area contributed by atoms with Gasteiger partial charge >= 0.3 is 0 Å². The Morgan fingerprint density at radius 1 is 1.00 bits per heavy atom. The molecule has 8 nitrogen and oxygen atoms in total. The molecule has 4 heterocycles. The predicted molar refractivity (Wildman–Crippen MR) is 133 cm³/mol. The molecule has 0 fully saturated rings. The largest absolute Gasteiger partial charge is 0.443 e. The highest BCUT2D eigenvalue weighted by Crippen LogP contribution is 2.43. The number of nitrogen functional groups attached to an aromatic ring is 1. The van der Waals surface area contributed by atoms with Gasteiger partial charge in [-0.3, -0.25) is 4.98 Å². The molecular formula is C25H18Cl2N6O2. The van der Waals surface area contributed by atoms with Crippen LogP contribution in [0.2, 0.25) is 10.2 Å². The highest BCUT2D eigenvalue weighted by atomic mass is 35.5. The van der Waals surface area contributed by atoms with Crippen molar-refractivity contribution < 1.29 is 9.52 Å². The number of nitrogens with one attached hydrogen (secondary N) is 1. The van der Waals surface area contributed by atoms with E-state index in [1.165, 1.54) is 6.39 Å². The van der Waals surface area contributed by atoms with Gasteiger partial charge in [-0.15, -0.1) is 0 Å². The second-order valence-electron chi connectivity index (χ2n) is 8.37. The molecule has 6 rings (SSSR count). The first kappa shape index (κ1) is 21.8. The molecule has 5 aromatic rings. The number of oxazole rings is 1. The molecule has 0 spiro atoms. The monoisotopic (exact) mass is 504 g/mol. The lowest BCUT2D eigenvalue weighted by atomic mass is 9.96. The van der Waals surface area contributed by atoms with Crippen LogP contribution in [0.1, 0.15) is 23.5 Å². The normalized spacial score (nSPS) is 17.0. The molecule has 4 N–H and O–H groups in total. The molecule has 0 saturated carbocycles. The van der Waals surface area contributed by atoms with E-state index < -0.39 is 5.60 Å². The van der Waals surface area contributed by atoms with Gasteiger partial charge < -0.3 is 20.2 Å². The third-order valence-corrected chi connectivity index (χ3v) is 6.76. The summed E-state index contributed by atoms with van der Waals surface area (Å²) in [5, 5.41) is 12.5. The maximum atomic E-state index is 11.6. The molecule has 1 aliphatic rings. The van der Waals surface area contributed by atoms with Gasteiger partial charge in [0.1, 0.15) is 16.8 Å². The summed E-state index contributed by atoms with van der Waals surface area (Å²) in [6.45, 7) is 0. The zero-order chi connectivity index (χ0) is 24.2. The average Bonchev–Trinajstić information content (AvgIpc) is 3.60. The van der Waals surface area contributed by atoms with Gasteiger partial charge in [-0.25, -0.2) is 15.0 Å². The van der Waals surface area contributed by atoms with Crippen LogP contribution in [0.3, 0.4) is 0 Å². The van der Waals surface area contributed by atoms with Crippen molar-refractivity contribution in [2.75, 3.05) is 5.73 Å². The Bertz CT molecular complexity index is 1570. The number of pyridine rings is 2. The molecule has 10 heteroatoms. The van der Waals surface area contributed by atoms with Crippen LogP contribution >= 0.6 is 23.2 Å². The first-order valence-electron chi connectivity index (χ1n) is 10.8. The summed E-state index contributed by atoms with van der Waals surface area (Å²) in [6, 6.07) is 11.0. The van der Waals surface area contributed by atoms with Crippen molar-refractivity contribution in [3.05, 3.63) is 88.6 Å². The van der Waals surface area contributed by atoms with Gasteiger partial charge in [0.25, 0.3) is 0 Å². The highest BCUT2D eigenvalue weighted by molar-refractivity contribution is 6.32. The van der Waals surface area contributed by atoms with E-state index in [1.807, 2.05) is 18.2 Å². The molecule has 174 valence electrons. The summed E-state index contributed by atoms with van der Waals surface area (Å²) >= 11 is 12.6. The van der Waals surface area contributed by atoms with E-state index in [2.05, 4.69) is 24.9 Å². The SMILES string of the molecule is Nc1ccc(-c2cnc([C@]3(O)CCc4cc(-c5cc(Cl)ccc5-c5cnco5)cnc43)[nH]2)c(Cl)n1. The number of aliphatic hydroxyl groups is 1. The van der Waals surface area contributed by atoms with E-state index in [0.29, 0.717) is 52.2 Å². The minimum absolute atomic E-state index is 0.255. The van der Waals surface area contributed by atoms with Crippen molar-refractivity contribution in [1.29, 1.82) is 0 Å². The van der Waals surface area contributed by atoms with Crippen LogP contribution in [0.15, 0.2) is 65.8 Å². The van der Waals surface area contributed by atoms with Gasteiger partial charge in [-0.1, -0.05) is 23.2 Å². The maximum Gasteiger partial charge on any atom is 0.181 e. The predicted octanol–water partition coefficient (Wildman–Crippen LogP) is 5.26. The van der Waals surface area contributed by atoms with Crippen molar-refractivity contribution in [3.63, 3.8) is 0 Å². The van der Waals surface area contributed by atoms with Crippen molar-refractivity contribution in [2.24, 2.45) is 0 Å². The number of hydrogen-bond acceptors (Lipinski definition) is 7. The van der Waals surface area contributed by atoms with Gasteiger partial charge in [-0.2, -0.15) is 0 Å². The average molecular weight is 505 g/mol. The molecule has 0 unspecified atom stereocenters. The number of imidazole rings is 1. The fourth-order valence-electron chi connectivity index (χ4n) is 4.52. The molecule has 0 amide bonds. The van der Waals surface area contributed by atoms with Gasteiger partial charge in [0.15, 0.2) is 17.8 Å². The molecule has 35 heavy (non-hydrogen) atoms.